The number of rotatable bonds is 9. The number of piperidine rings is 1. The Morgan fingerprint density at radius 2 is 1.88 bits per heavy atom. The third kappa shape index (κ3) is 6.16. The lowest BCUT2D eigenvalue weighted by Crippen LogP contribution is -2.46. The molecular formula is C29H38N4O. The number of hydrogen-bond donors (Lipinski definition) is 1. The quantitative estimate of drug-likeness (QED) is 0.473. The molecule has 1 fully saturated rings. The van der Waals surface area contributed by atoms with E-state index >= 15 is 0 Å². The maximum atomic E-state index is 12.8. The van der Waals surface area contributed by atoms with Crippen molar-refractivity contribution in [1.82, 2.24) is 19.7 Å². The minimum Gasteiger partial charge on any atom is -0.349 e. The Bertz CT molecular complexity index is 1120. The van der Waals surface area contributed by atoms with Crippen molar-refractivity contribution >= 4 is 22.9 Å². The standard InChI is InChI=1S/C29H38N4O/c1-23-26(27-14-7-8-15-28(27)33(23)20-10-18-31(2)3)16-17-29(34)30-25-13-9-19-32(22-25)21-24-11-5-4-6-12-24/h4-8,11-12,14-17,25H,9-10,13,18-22H2,1-3H3,(H,30,34)/b17-16+. The van der Waals surface area contributed by atoms with E-state index in [4.69, 9.17) is 0 Å². The van der Waals surface area contributed by atoms with E-state index in [1.807, 2.05) is 6.08 Å². The summed E-state index contributed by atoms with van der Waals surface area (Å²) in [6.45, 7) is 7.12. The van der Waals surface area contributed by atoms with E-state index in [-0.39, 0.29) is 11.9 Å². The van der Waals surface area contributed by atoms with Gasteiger partial charge in [-0.25, -0.2) is 0 Å². The van der Waals surface area contributed by atoms with Gasteiger partial charge in [0.25, 0.3) is 0 Å². The van der Waals surface area contributed by atoms with E-state index in [1.165, 1.54) is 22.2 Å². The molecule has 0 bridgehead atoms. The van der Waals surface area contributed by atoms with Crippen LogP contribution in [0.2, 0.25) is 0 Å². The molecule has 180 valence electrons. The number of para-hydroxylation sites is 1. The van der Waals surface area contributed by atoms with Crippen molar-refractivity contribution in [3.63, 3.8) is 0 Å². The van der Waals surface area contributed by atoms with Crippen molar-refractivity contribution in [3.05, 3.63) is 77.5 Å². The summed E-state index contributed by atoms with van der Waals surface area (Å²) in [6, 6.07) is 19.3. The molecule has 1 saturated heterocycles. The predicted molar refractivity (Wildman–Crippen MR) is 142 cm³/mol. The van der Waals surface area contributed by atoms with Crippen LogP contribution in [0, 0.1) is 6.92 Å². The van der Waals surface area contributed by atoms with Gasteiger partial charge in [0, 0.05) is 53.9 Å². The summed E-state index contributed by atoms with van der Waals surface area (Å²) < 4.78 is 2.39. The number of fused-ring (bicyclic) bond motifs is 1. The van der Waals surface area contributed by atoms with Crippen molar-refractivity contribution in [2.24, 2.45) is 0 Å². The molecule has 5 nitrogen and oxygen atoms in total. The van der Waals surface area contributed by atoms with Crippen LogP contribution in [0.3, 0.4) is 0 Å². The molecule has 1 N–H and O–H groups in total. The lowest BCUT2D eigenvalue weighted by molar-refractivity contribution is -0.117. The summed E-state index contributed by atoms with van der Waals surface area (Å²) in [4.78, 5) is 17.5. The third-order valence-electron chi connectivity index (χ3n) is 6.77. The van der Waals surface area contributed by atoms with Crippen LogP contribution in [0.15, 0.2) is 60.7 Å². The van der Waals surface area contributed by atoms with Gasteiger partial charge in [0.15, 0.2) is 0 Å². The highest BCUT2D eigenvalue weighted by atomic mass is 16.1. The monoisotopic (exact) mass is 458 g/mol. The molecule has 0 radical (unpaired) electrons. The highest BCUT2D eigenvalue weighted by Crippen LogP contribution is 2.27. The first-order valence-corrected chi connectivity index (χ1v) is 12.5. The van der Waals surface area contributed by atoms with Gasteiger partial charge in [0.1, 0.15) is 0 Å². The number of nitrogens with zero attached hydrogens (tertiary/aromatic N) is 3. The summed E-state index contributed by atoms with van der Waals surface area (Å²) in [5, 5.41) is 4.46. The van der Waals surface area contributed by atoms with Crippen LogP contribution >= 0.6 is 0 Å². The first-order valence-electron chi connectivity index (χ1n) is 12.5. The molecule has 4 rings (SSSR count). The van der Waals surface area contributed by atoms with Crippen LogP contribution in [0.25, 0.3) is 17.0 Å². The highest BCUT2D eigenvalue weighted by molar-refractivity contribution is 5.97. The molecule has 5 heteroatoms. The second kappa shape index (κ2) is 11.5. The average molecular weight is 459 g/mol. The molecule has 2 heterocycles. The van der Waals surface area contributed by atoms with Crippen LogP contribution in [0.1, 0.15) is 36.1 Å². The van der Waals surface area contributed by atoms with E-state index in [1.54, 1.807) is 6.08 Å². The molecular weight excluding hydrogens is 420 g/mol. The summed E-state index contributed by atoms with van der Waals surface area (Å²) in [6.07, 6.45) is 6.96. The number of benzene rings is 2. The maximum absolute atomic E-state index is 12.8. The van der Waals surface area contributed by atoms with Gasteiger partial charge in [-0.05, 0) is 71.1 Å². The van der Waals surface area contributed by atoms with Gasteiger partial charge >= 0.3 is 0 Å². The molecule has 1 aliphatic rings. The smallest absolute Gasteiger partial charge is 0.244 e. The summed E-state index contributed by atoms with van der Waals surface area (Å²) in [7, 11) is 4.22. The van der Waals surface area contributed by atoms with Gasteiger partial charge in [-0.15, -0.1) is 0 Å². The Balaban J connectivity index is 1.40. The fraction of sp³-hybridized carbons (Fsp3) is 0.414. The van der Waals surface area contributed by atoms with Crippen molar-refractivity contribution in [2.45, 2.75) is 45.3 Å². The van der Waals surface area contributed by atoms with Gasteiger partial charge in [-0.3, -0.25) is 9.69 Å². The average Bonchev–Trinajstić information content (AvgIpc) is 3.09. The lowest BCUT2D eigenvalue weighted by atomic mass is 10.0. The van der Waals surface area contributed by atoms with Crippen molar-refractivity contribution in [3.8, 4) is 0 Å². The fourth-order valence-corrected chi connectivity index (χ4v) is 5.07. The Hall–Kier alpha value is -2.89. The molecule has 1 aliphatic heterocycles. The van der Waals surface area contributed by atoms with E-state index in [0.717, 1.165) is 57.5 Å². The lowest BCUT2D eigenvalue weighted by Gasteiger charge is -2.33. The van der Waals surface area contributed by atoms with E-state index < -0.39 is 0 Å². The Morgan fingerprint density at radius 3 is 2.68 bits per heavy atom. The van der Waals surface area contributed by atoms with E-state index in [0.29, 0.717) is 0 Å². The summed E-state index contributed by atoms with van der Waals surface area (Å²) in [5.74, 6) is -0.00426. The Kier molecular flexibility index (Phi) is 8.20. The topological polar surface area (TPSA) is 40.5 Å². The molecule has 3 aromatic rings. The maximum Gasteiger partial charge on any atom is 0.244 e. The molecule has 1 aromatic heterocycles. The van der Waals surface area contributed by atoms with Crippen LogP contribution in [-0.4, -0.2) is 60.0 Å². The molecule has 0 aliphatic carbocycles. The zero-order chi connectivity index (χ0) is 23.9. The highest BCUT2D eigenvalue weighted by Gasteiger charge is 2.21. The predicted octanol–water partition coefficient (Wildman–Crippen LogP) is 4.70. The number of amides is 1. The van der Waals surface area contributed by atoms with Gasteiger partial charge in [0.2, 0.25) is 5.91 Å². The number of aromatic nitrogens is 1. The van der Waals surface area contributed by atoms with Crippen molar-refractivity contribution in [1.29, 1.82) is 0 Å². The molecule has 2 aromatic carbocycles. The zero-order valence-corrected chi connectivity index (χ0v) is 20.8. The van der Waals surface area contributed by atoms with Gasteiger partial charge in [-0.1, -0.05) is 48.5 Å². The SMILES string of the molecule is Cc1c(/C=C/C(=O)NC2CCCN(Cc3ccccc3)C2)c2ccccc2n1CCCN(C)C. The van der Waals surface area contributed by atoms with E-state index in [9.17, 15) is 4.79 Å². The number of likely N-dealkylation sites (tertiary alicyclic amines) is 1. The van der Waals surface area contributed by atoms with Crippen molar-refractivity contribution in [2.75, 3.05) is 33.7 Å². The van der Waals surface area contributed by atoms with Crippen molar-refractivity contribution < 1.29 is 4.79 Å². The number of aryl methyl sites for hydroxylation is 1. The van der Waals surface area contributed by atoms with E-state index in [2.05, 4.69) is 95.3 Å². The molecule has 1 unspecified atom stereocenters. The molecule has 1 atom stereocenters. The summed E-state index contributed by atoms with van der Waals surface area (Å²) >= 11 is 0. The number of nitrogens with one attached hydrogen (secondary N) is 1. The normalized spacial score (nSPS) is 17.1. The first-order chi connectivity index (χ1) is 16.5. The van der Waals surface area contributed by atoms with Crippen LogP contribution in [0.4, 0.5) is 0 Å². The Labute approximate surface area is 204 Å². The largest absolute Gasteiger partial charge is 0.349 e. The van der Waals surface area contributed by atoms with Gasteiger partial charge in [-0.2, -0.15) is 0 Å². The number of carbonyl (C=O) groups excluding carboxylic acids is 1. The second-order valence-electron chi connectivity index (χ2n) is 9.73. The van der Waals surface area contributed by atoms with Crippen LogP contribution in [0.5, 0.6) is 0 Å². The zero-order valence-electron chi connectivity index (χ0n) is 20.8. The molecule has 0 spiro atoms. The minimum atomic E-state index is -0.00426. The van der Waals surface area contributed by atoms with Crippen LogP contribution < -0.4 is 5.32 Å². The summed E-state index contributed by atoms with van der Waals surface area (Å²) in [5.41, 5.74) is 4.93. The molecule has 34 heavy (non-hydrogen) atoms. The first kappa shape index (κ1) is 24.2. The second-order valence-corrected chi connectivity index (χ2v) is 9.73. The minimum absolute atomic E-state index is 0.00426. The van der Waals surface area contributed by atoms with Crippen LogP contribution in [-0.2, 0) is 17.9 Å². The van der Waals surface area contributed by atoms with Gasteiger partial charge < -0.3 is 14.8 Å². The third-order valence-corrected chi connectivity index (χ3v) is 6.77. The fourth-order valence-electron chi connectivity index (χ4n) is 5.07. The molecule has 0 saturated carbocycles. The Morgan fingerprint density at radius 1 is 1.12 bits per heavy atom. The number of carbonyl (C=O) groups is 1. The number of hydrogen-bond acceptors (Lipinski definition) is 3. The van der Waals surface area contributed by atoms with Gasteiger partial charge in [0.05, 0.1) is 0 Å². The molecule has 1 amide bonds.